The Kier molecular flexibility index (Phi) is 5.28. The van der Waals surface area contributed by atoms with Gasteiger partial charge >= 0.3 is 0 Å². The van der Waals surface area contributed by atoms with E-state index < -0.39 is 0 Å². The Bertz CT molecular complexity index is 750. The first-order valence-corrected chi connectivity index (χ1v) is 8.30. The number of piperazine rings is 1. The third kappa shape index (κ3) is 4.15. The molecule has 0 bridgehead atoms. The Morgan fingerprint density at radius 3 is 2.52 bits per heavy atom. The number of aromatic nitrogens is 2. The van der Waals surface area contributed by atoms with Gasteiger partial charge in [-0.2, -0.15) is 0 Å². The van der Waals surface area contributed by atoms with E-state index in [1.54, 1.807) is 19.5 Å². The highest BCUT2D eigenvalue weighted by molar-refractivity contribution is 5.92. The van der Waals surface area contributed by atoms with Gasteiger partial charge in [-0.15, -0.1) is 0 Å². The van der Waals surface area contributed by atoms with Gasteiger partial charge in [0.25, 0.3) is 0 Å². The minimum absolute atomic E-state index is 0.0369. The fraction of sp³-hybridized carbons (Fsp3) is 0.316. The lowest BCUT2D eigenvalue weighted by Gasteiger charge is -2.35. The Morgan fingerprint density at radius 2 is 1.88 bits per heavy atom. The SMILES string of the molecule is COc1ccc(C=CC(=O)N2CCN(c3ncncc3C)CC2)cc1. The van der Waals surface area contributed by atoms with E-state index in [4.69, 9.17) is 4.74 Å². The number of rotatable bonds is 4. The molecule has 2 heterocycles. The number of benzene rings is 1. The summed E-state index contributed by atoms with van der Waals surface area (Å²) in [6, 6.07) is 7.62. The molecule has 1 aromatic heterocycles. The molecule has 0 unspecified atom stereocenters. The third-order valence-corrected chi connectivity index (χ3v) is 4.29. The van der Waals surface area contributed by atoms with Gasteiger partial charge in [0.1, 0.15) is 17.9 Å². The molecule has 25 heavy (non-hydrogen) atoms. The van der Waals surface area contributed by atoms with Crippen molar-refractivity contribution in [2.45, 2.75) is 6.92 Å². The van der Waals surface area contributed by atoms with Crippen molar-refractivity contribution in [1.82, 2.24) is 14.9 Å². The molecule has 0 aliphatic carbocycles. The molecule has 1 amide bonds. The molecule has 1 fully saturated rings. The van der Waals surface area contributed by atoms with Crippen molar-refractivity contribution in [2.75, 3.05) is 38.2 Å². The minimum atomic E-state index is 0.0369. The first-order valence-electron chi connectivity index (χ1n) is 8.30. The summed E-state index contributed by atoms with van der Waals surface area (Å²) in [5, 5.41) is 0. The Morgan fingerprint density at radius 1 is 1.16 bits per heavy atom. The maximum absolute atomic E-state index is 12.4. The van der Waals surface area contributed by atoms with Gasteiger partial charge in [0.05, 0.1) is 7.11 Å². The van der Waals surface area contributed by atoms with E-state index in [-0.39, 0.29) is 5.91 Å². The van der Waals surface area contributed by atoms with Gasteiger partial charge in [0.15, 0.2) is 0 Å². The minimum Gasteiger partial charge on any atom is -0.497 e. The van der Waals surface area contributed by atoms with Crippen molar-refractivity contribution >= 4 is 17.8 Å². The number of aryl methyl sites for hydroxylation is 1. The van der Waals surface area contributed by atoms with Crippen LogP contribution in [0, 0.1) is 6.92 Å². The van der Waals surface area contributed by atoms with Gasteiger partial charge in [-0.3, -0.25) is 4.79 Å². The van der Waals surface area contributed by atoms with Gasteiger partial charge in [0.2, 0.25) is 5.91 Å². The number of methoxy groups -OCH3 is 1. The maximum atomic E-state index is 12.4. The monoisotopic (exact) mass is 338 g/mol. The van der Waals surface area contributed by atoms with E-state index in [0.717, 1.165) is 35.8 Å². The quantitative estimate of drug-likeness (QED) is 0.800. The number of anilines is 1. The lowest BCUT2D eigenvalue weighted by atomic mass is 10.2. The van der Waals surface area contributed by atoms with Crippen LogP contribution >= 0.6 is 0 Å². The van der Waals surface area contributed by atoms with Gasteiger partial charge in [-0.1, -0.05) is 12.1 Å². The zero-order valence-corrected chi connectivity index (χ0v) is 14.6. The molecular formula is C19H22N4O2. The van der Waals surface area contributed by atoms with E-state index >= 15 is 0 Å². The van der Waals surface area contributed by atoms with Crippen LogP contribution in [-0.4, -0.2) is 54.1 Å². The largest absolute Gasteiger partial charge is 0.497 e. The molecule has 2 aromatic rings. The summed E-state index contributed by atoms with van der Waals surface area (Å²) in [7, 11) is 1.64. The summed E-state index contributed by atoms with van der Waals surface area (Å²) in [5.41, 5.74) is 2.03. The Hall–Kier alpha value is -2.89. The van der Waals surface area contributed by atoms with Gasteiger partial charge < -0.3 is 14.5 Å². The summed E-state index contributed by atoms with van der Waals surface area (Å²) in [6.07, 6.45) is 6.85. The first kappa shape index (κ1) is 17.0. The highest BCUT2D eigenvalue weighted by Crippen LogP contribution is 2.17. The van der Waals surface area contributed by atoms with E-state index in [0.29, 0.717) is 13.1 Å². The van der Waals surface area contributed by atoms with Crippen LogP contribution in [-0.2, 0) is 4.79 Å². The molecule has 1 aliphatic rings. The highest BCUT2D eigenvalue weighted by Gasteiger charge is 2.21. The molecule has 0 N–H and O–H groups in total. The van der Waals surface area contributed by atoms with E-state index in [1.165, 1.54) is 0 Å². The van der Waals surface area contributed by atoms with E-state index in [2.05, 4.69) is 14.9 Å². The Balaban J connectivity index is 1.56. The average molecular weight is 338 g/mol. The fourth-order valence-electron chi connectivity index (χ4n) is 2.85. The second-order valence-corrected chi connectivity index (χ2v) is 5.95. The standard InChI is InChI=1S/C19H22N4O2/c1-15-13-20-14-21-19(15)23-11-9-22(10-12-23)18(24)8-5-16-3-6-17(25-2)7-4-16/h3-8,13-14H,9-12H2,1-2H3. The van der Waals surface area contributed by atoms with Crippen LogP contribution in [0.5, 0.6) is 5.75 Å². The number of carbonyl (C=O) groups excluding carboxylic acids is 1. The van der Waals surface area contributed by atoms with Crippen LogP contribution in [0.3, 0.4) is 0 Å². The van der Waals surface area contributed by atoms with Crippen LogP contribution in [0.2, 0.25) is 0 Å². The van der Waals surface area contributed by atoms with Gasteiger partial charge in [0, 0.05) is 44.0 Å². The predicted molar refractivity (Wildman–Crippen MR) is 97.6 cm³/mol. The average Bonchev–Trinajstić information content (AvgIpc) is 2.67. The number of nitrogens with zero attached hydrogens (tertiary/aromatic N) is 4. The summed E-state index contributed by atoms with van der Waals surface area (Å²) in [6.45, 7) is 4.94. The van der Waals surface area contributed by atoms with E-state index in [1.807, 2.05) is 48.4 Å². The molecule has 6 nitrogen and oxygen atoms in total. The lowest BCUT2D eigenvalue weighted by molar-refractivity contribution is -0.126. The van der Waals surface area contributed by atoms with E-state index in [9.17, 15) is 4.79 Å². The van der Waals surface area contributed by atoms with Crippen molar-refractivity contribution in [3.05, 3.63) is 54.0 Å². The molecule has 0 radical (unpaired) electrons. The van der Waals surface area contributed by atoms with Gasteiger partial charge in [-0.05, 0) is 30.7 Å². The number of hydrogen-bond donors (Lipinski definition) is 0. The molecule has 0 atom stereocenters. The molecule has 0 spiro atoms. The van der Waals surface area contributed by atoms with Crippen molar-refractivity contribution in [2.24, 2.45) is 0 Å². The number of amides is 1. The summed E-state index contributed by atoms with van der Waals surface area (Å²) in [5.74, 6) is 1.80. The molecule has 1 aliphatic heterocycles. The molecule has 1 saturated heterocycles. The number of carbonyl (C=O) groups is 1. The molecule has 3 rings (SSSR count). The molecular weight excluding hydrogens is 316 g/mol. The van der Waals surface area contributed by atoms with Crippen molar-refractivity contribution < 1.29 is 9.53 Å². The van der Waals surface area contributed by atoms with Crippen LogP contribution in [0.15, 0.2) is 42.9 Å². The second kappa shape index (κ2) is 7.79. The number of hydrogen-bond acceptors (Lipinski definition) is 5. The van der Waals surface area contributed by atoms with Crippen LogP contribution in [0.25, 0.3) is 6.08 Å². The first-order chi connectivity index (χ1) is 12.2. The van der Waals surface area contributed by atoms with Crippen molar-refractivity contribution in [3.63, 3.8) is 0 Å². The third-order valence-electron chi connectivity index (χ3n) is 4.29. The summed E-state index contributed by atoms with van der Waals surface area (Å²) >= 11 is 0. The molecule has 0 saturated carbocycles. The van der Waals surface area contributed by atoms with Gasteiger partial charge in [-0.25, -0.2) is 9.97 Å². The Labute approximate surface area is 147 Å². The normalized spacial score (nSPS) is 14.8. The van der Waals surface area contributed by atoms with Crippen LogP contribution < -0.4 is 9.64 Å². The zero-order chi connectivity index (χ0) is 17.6. The fourth-order valence-corrected chi connectivity index (χ4v) is 2.85. The topological polar surface area (TPSA) is 58.6 Å². The smallest absolute Gasteiger partial charge is 0.246 e. The van der Waals surface area contributed by atoms with Crippen molar-refractivity contribution in [3.8, 4) is 5.75 Å². The zero-order valence-electron chi connectivity index (χ0n) is 14.6. The number of ether oxygens (including phenoxy) is 1. The maximum Gasteiger partial charge on any atom is 0.246 e. The summed E-state index contributed by atoms with van der Waals surface area (Å²) < 4.78 is 5.13. The van der Waals surface area contributed by atoms with Crippen LogP contribution in [0.4, 0.5) is 5.82 Å². The second-order valence-electron chi connectivity index (χ2n) is 5.95. The lowest BCUT2D eigenvalue weighted by Crippen LogP contribution is -2.48. The molecule has 6 heteroatoms. The molecule has 130 valence electrons. The summed E-state index contributed by atoms with van der Waals surface area (Å²) in [4.78, 5) is 24.8. The highest BCUT2D eigenvalue weighted by atomic mass is 16.5. The predicted octanol–water partition coefficient (Wildman–Crippen LogP) is 2.16. The van der Waals surface area contributed by atoms with Crippen LogP contribution in [0.1, 0.15) is 11.1 Å². The molecule has 1 aromatic carbocycles. The van der Waals surface area contributed by atoms with Crippen molar-refractivity contribution in [1.29, 1.82) is 0 Å².